The molecule has 0 bridgehead atoms. The van der Waals surface area contributed by atoms with Gasteiger partial charge in [0.2, 0.25) is 0 Å². The Labute approximate surface area is 85.3 Å². The molecule has 14 heavy (non-hydrogen) atoms. The molecule has 0 aromatic carbocycles. The van der Waals surface area contributed by atoms with Gasteiger partial charge in [0.15, 0.2) is 0 Å². The van der Waals surface area contributed by atoms with E-state index in [2.05, 4.69) is 24.0 Å². The largest absolute Gasteiger partial charge is 0.381 e. The van der Waals surface area contributed by atoms with Crippen LogP contribution in [-0.4, -0.2) is 18.2 Å². The van der Waals surface area contributed by atoms with Crippen LogP contribution in [0.15, 0.2) is 18.3 Å². The van der Waals surface area contributed by atoms with Gasteiger partial charge in [-0.3, -0.25) is 4.98 Å². The summed E-state index contributed by atoms with van der Waals surface area (Å²) in [6.45, 7) is 3.94. The SMILES string of the molecule is CCc1ccc(C2CCOCC2)nc1. The molecule has 2 heteroatoms. The van der Waals surface area contributed by atoms with Gasteiger partial charge in [0.1, 0.15) is 0 Å². The van der Waals surface area contributed by atoms with Crippen LogP contribution in [0.2, 0.25) is 0 Å². The molecule has 0 unspecified atom stereocenters. The van der Waals surface area contributed by atoms with Gasteiger partial charge in [0.05, 0.1) is 0 Å². The van der Waals surface area contributed by atoms with Crippen LogP contribution in [0.1, 0.15) is 36.9 Å². The van der Waals surface area contributed by atoms with Gasteiger partial charge in [-0.1, -0.05) is 13.0 Å². The third kappa shape index (κ3) is 2.13. The molecule has 0 saturated carbocycles. The molecule has 0 amide bonds. The van der Waals surface area contributed by atoms with Crippen molar-refractivity contribution in [1.82, 2.24) is 4.98 Å². The quantitative estimate of drug-likeness (QED) is 0.716. The highest BCUT2D eigenvalue weighted by Crippen LogP contribution is 2.25. The van der Waals surface area contributed by atoms with E-state index in [0.717, 1.165) is 32.5 Å². The summed E-state index contributed by atoms with van der Waals surface area (Å²) in [6.07, 6.45) is 5.32. The smallest absolute Gasteiger partial charge is 0.0472 e. The molecular formula is C12H17NO. The van der Waals surface area contributed by atoms with E-state index in [-0.39, 0.29) is 0 Å². The Bertz CT molecular complexity index is 275. The lowest BCUT2D eigenvalue weighted by atomic mass is 9.95. The first-order valence-corrected chi connectivity index (χ1v) is 5.42. The number of ether oxygens (including phenoxy) is 1. The Hall–Kier alpha value is -0.890. The lowest BCUT2D eigenvalue weighted by Gasteiger charge is -2.21. The van der Waals surface area contributed by atoms with Crippen molar-refractivity contribution in [3.63, 3.8) is 0 Å². The Morgan fingerprint density at radius 3 is 2.71 bits per heavy atom. The van der Waals surface area contributed by atoms with E-state index >= 15 is 0 Å². The molecular weight excluding hydrogens is 174 g/mol. The molecule has 76 valence electrons. The van der Waals surface area contributed by atoms with Crippen molar-refractivity contribution in [2.24, 2.45) is 0 Å². The first kappa shape index (κ1) is 9.66. The van der Waals surface area contributed by atoms with E-state index in [4.69, 9.17) is 4.74 Å². The van der Waals surface area contributed by atoms with Crippen molar-refractivity contribution in [3.05, 3.63) is 29.6 Å². The van der Waals surface area contributed by atoms with Gasteiger partial charge in [-0.2, -0.15) is 0 Å². The van der Waals surface area contributed by atoms with Crippen LogP contribution in [0.3, 0.4) is 0 Å². The summed E-state index contributed by atoms with van der Waals surface area (Å²) >= 11 is 0. The normalized spacial score (nSPS) is 18.4. The zero-order valence-corrected chi connectivity index (χ0v) is 8.70. The van der Waals surface area contributed by atoms with Crippen LogP contribution < -0.4 is 0 Å². The predicted octanol–water partition coefficient (Wildman–Crippen LogP) is 2.54. The van der Waals surface area contributed by atoms with Crippen LogP contribution in [0, 0.1) is 0 Å². The lowest BCUT2D eigenvalue weighted by Crippen LogP contribution is -2.15. The maximum Gasteiger partial charge on any atom is 0.0472 e. The van der Waals surface area contributed by atoms with E-state index in [0.29, 0.717) is 5.92 Å². The molecule has 0 spiro atoms. The van der Waals surface area contributed by atoms with Gasteiger partial charge < -0.3 is 4.74 Å². The molecule has 1 aliphatic rings. The van der Waals surface area contributed by atoms with Gasteiger partial charge in [-0.25, -0.2) is 0 Å². The zero-order chi connectivity index (χ0) is 9.80. The Morgan fingerprint density at radius 2 is 2.14 bits per heavy atom. The molecule has 2 rings (SSSR count). The summed E-state index contributed by atoms with van der Waals surface area (Å²) in [5.41, 5.74) is 2.56. The molecule has 2 heterocycles. The molecule has 0 N–H and O–H groups in total. The minimum absolute atomic E-state index is 0.620. The standard InChI is InChI=1S/C12H17NO/c1-2-10-3-4-12(13-9-10)11-5-7-14-8-6-11/h3-4,9,11H,2,5-8H2,1H3. The minimum atomic E-state index is 0.620. The molecule has 1 aliphatic heterocycles. The number of aromatic nitrogens is 1. The number of pyridine rings is 1. The topological polar surface area (TPSA) is 22.1 Å². The third-order valence-corrected chi connectivity index (χ3v) is 2.90. The van der Waals surface area contributed by atoms with Crippen LogP contribution >= 0.6 is 0 Å². The summed E-state index contributed by atoms with van der Waals surface area (Å²) < 4.78 is 5.34. The molecule has 2 nitrogen and oxygen atoms in total. The minimum Gasteiger partial charge on any atom is -0.381 e. The summed E-state index contributed by atoms with van der Waals surface area (Å²) in [5.74, 6) is 0.620. The van der Waals surface area contributed by atoms with Crippen LogP contribution in [0.25, 0.3) is 0 Å². The molecule has 1 aromatic rings. The number of hydrogen-bond donors (Lipinski definition) is 0. The van der Waals surface area contributed by atoms with Crippen molar-refractivity contribution in [3.8, 4) is 0 Å². The van der Waals surface area contributed by atoms with E-state index in [9.17, 15) is 0 Å². The number of rotatable bonds is 2. The Balaban J connectivity index is 2.07. The highest BCUT2D eigenvalue weighted by Gasteiger charge is 2.16. The van der Waals surface area contributed by atoms with Crippen LogP contribution in [0.5, 0.6) is 0 Å². The zero-order valence-electron chi connectivity index (χ0n) is 8.70. The molecule has 0 atom stereocenters. The van der Waals surface area contributed by atoms with E-state index in [1.54, 1.807) is 0 Å². The summed E-state index contributed by atoms with van der Waals surface area (Å²) in [4.78, 5) is 4.52. The highest BCUT2D eigenvalue weighted by atomic mass is 16.5. The van der Waals surface area contributed by atoms with E-state index in [1.807, 2.05) is 6.20 Å². The van der Waals surface area contributed by atoms with Crippen molar-refractivity contribution in [2.75, 3.05) is 13.2 Å². The van der Waals surface area contributed by atoms with Crippen molar-refractivity contribution >= 4 is 0 Å². The van der Waals surface area contributed by atoms with Crippen molar-refractivity contribution in [1.29, 1.82) is 0 Å². The van der Waals surface area contributed by atoms with Gasteiger partial charge >= 0.3 is 0 Å². The number of hydrogen-bond acceptors (Lipinski definition) is 2. The second-order valence-corrected chi connectivity index (χ2v) is 3.83. The van der Waals surface area contributed by atoms with Gasteiger partial charge in [0, 0.05) is 31.0 Å². The Kier molecular flexibility index (Phi) is 3.14. The molecule has 1 fully saturated rings. The molecule has 1 aromatic heterocycles. The average molecular weight is 191 g/mol. The third-order valence-electron chi connectivity index (χ3n) is 2.90. The number of aryl methyl sites for hydroxylation is 1. The van der Waals surface area contributed by atoms with Gasteiger partial charge in [-0.05, 0) is 30.9 Å². The van der Waals surface area contributed by atoms with Gasteiger partial charge in [0.25, 0.3) is 0 Å². The highest BCUT2D eigenvalue weighted by molar-refractivity contribution is 5.17. The second-order valence-electron chi connectivity index (χ2n) is 3.83. The Morgan fingerprint density at radius 1 is 1.36 bits per heavy atom. The van der Waals surface area contributed by atoms with E-state index in [1.165, 1.54) is 11.3 Å². The molecule has 0 aliphatic carbocycles. The average Bonchev–Trinajstić information content (AvgIpc) is 2.30. The van der Waals surface area contributed by atoms with Crippen molar-refractivity contribution < 1.29 is 4.74 Å². The van der Waals surface area contributed by atoms with Crippen LogP contribution in [-0.2, 0) is 11.2 Å². The first-order valence-electron chi connectivity index (χ1n) is 5.42. The maximum atomic E-state index is 5.34. The fourth-order valence-corrected chi connectivity index (χ4v) is 1.88. The first-order chi connectivity index (χ1) is 6.90. The summed E-state index contributed by atoms with van der Waals surface area (Å²) in [6, 6.07) is 4.37. The molecule has 1 saturated heterocycles. The van der Waals surface area contributed by atoms with Crippen LogP contribution in [0.4, 0.5) is 0 Å². The van der Waals surface area contributed by atoms with E-state index < -0.39 is 0 Å². The summed E-state index contributed by atoms with van der Waals surface area (Å²) in [7, 11) is 0. The fraction of sp³-hybridized carbons (Fsp3) is 0.583. The predicted molar refractivity (Wildman–Crippen MR) is 56.4 cm³/mol. The number of nitrogens with zero attached hydrogens (tertiary/aromatic N) is 1. The monoisotopic (exact) mass is 191 g/mol. The maximum absolute atomic E-state index is 5.34. The summed E-state index contributed by atoms with van der Waals surface area (Å²) in [5, 5.41) is 0. The second kappa shape index (κ2) is 4.56. The van der Waals surface area contributed by atoms with Crippen molar-refractivity contribution in [2.45, 2.75) is 32.1 Å². The lowest BCUT2D eigenvalue weighted by molar-refractivity contribution is 0.0845. The molecule has 0 radical (unpaired) electrons. The fourth-order valence-electron chi connectivity index (χ4n) is 1.88. The van der Waals surface area contributed by atoms with Gasteiger partial charge in [-0.15, -0.1) is 0 Å².